The van der Waals surface area contributed by atoms with Gasteiger partial charge >= 0.3 is 0 Å². The van der Waals surface area contributed by atoms with Crippen LogP contribution >= 0.6 is 0 Å². The minimum absolute atomic E-state index is 0.360. The summed E-state index contributed by atoms with van der Waals surface area (Å²) in [5, 5.41) is 17.3. The zero-order valence-electron chi connectivity index (χ0n) is 11.8. The zero-order chi connectivity index (χ0) is 15.6. The monoisotopic (exact) mass is 291 g/mol. The van der Waals surface area contributed by atoms with E-state index in [2.05, 4.69) is 11.1 Å². The highest BCUT2D eigenvalue weighted by atomic mass is 16.5. The lowest BCUT2D eigenvalue weighted by molar-refractivity contribution is 0.349. The summed E-state index contributed by atoms with van der Waals surface area (Å²) in [4.78, 5) is 3.91. The van der Waals surface area contributed by atoms with Crippen LogP contribution in [0.2, 0.25) is 0 Å². The average Bonchev–Trinajstić information content (AvgIpc) is 2.59. The second kappa shape index (κ2) is 8.08. The van der Waals surface area contributed by atoms with Crippen LogP contribution in [-0.4, -0.2) is 18.2 Å². The van der Waals surface area contributed by atoms with Crippen molar-refractivity contribution in [2.24, 2.45) is 0 Å². The highest BCUT2D eigenvalue weighted by molar-refractivity contribution is 5.34. The molecule has 0 atom stereocenters. The van der Waals surface area contributed by atoms with Gasteiger partial charge in [-0.1, -0.05) is 0 Å². The van der Waals surface area contributed by atoms with Crippen LogP contribution in [0.3, 0.4) is 0 Å². The third-order valence-electron chi connectivity index (χ3n) is 2.69. The summed E-state index contributed by atoms with van der Waals surface area (Å²) in [7, 11) is 0. The van der Waals surface area contributed by atoms with Gasteiger partial charge in [0.15, 0.2) is 0 Å². The molecule has 1 heterocycles. The predicted octanol–water partition coefficient (Wildman–Crippen LogP) is 2.84. The molecule has 5 nitrogen and oxygen atoms in total. The first-order chi connectivity index (χ1) is 10.8. The molecule has 0 aliphatic rings. The molecule has 0 spiro atoms. The van der Waals surface area contributed by atoms with Crippen molar-refractivity contribution in [3.8, 4) is 23.6 Å². The van der Waals surface area contributed by atoms with Gasteiger partial charge in [0.05, 0.1) is 17.8 Å². The second-order valence-electron chi connectivity index (χ2n) is 4.22. The largest absolute Gasteiger partial charge is 0.490 e. The second-order valence-corrected chi connectivity index (χ2v) is 4.22. The molecule has 2 rings (SSSR count). The summed E-state index contributed by atoms with van der Waals surface area (Å²) in [6.07, 6.45) is 5.19. The summed E-state index contributed by atoms with van der Waals surface area (Å²) in [5.74, 6) is 1.32. The van der Waals surface area contributed by atoms with Gasteiger partial charge in [-0.3, -0.25) is 0 Å². The molecule has 22 heavy (non-hydrogen) atoms. The molecule has 2 aromatic rings. The Morgan fingerprint density at radius 1 is 0.864 bits per heavy atom. The van der Waals surface area contributed by atoms with Crippen LogP contribution in [0.1, 0.15) is 11.3 Å². The fourth-order valence-electron chi connectivity index (χ4n) is 1.58. The van der Waals surface area contributed by atoms with Crippen molar-refractivity contribution < 1.29 is 9.47 Å². The summed E-state index contributed by atoms with van der Waals surface area (Å²) >= 11 is 0. The molecule has 1 aromatic carbocycles. The van der Waals surface area contributed by atoms with Gasteiger partial charge in [-0.2, -0.15) is 10.5 Å². The molecule has 1 aromatic heterocycles. The van der Waals surface area contributed by atoms with Crippen molar-refractivity contribution >= 4 is 0 Å². The normalized spacial score (nSPS) is 9.91. The van der Waals surface area contributed by atoms with Gasteiger partial charge < -0.3 is 9.47 Å². The maximum Gasteiger partial charge on any atom is 0.140 e. The van der Waals surface area contributed by atoms with E-state index in [1.807, 2.05) is 18.2 Å². The molecule has 0 unspecified atom stereocenters. The SMILES string of the molecule is N#Cc1ccc(OC/C=C/COc2ccc(C#N)nc2)cc1. The van der Waals surface area contributed by atoms with E-state index in [0.29, 0.717) is 36.0 Å². The van der Waals surface area contributed by atoms with Gasteiger partial charge in [-0.05, 0) is 48.6 Å². The Kier molecular flexibility index (Phi) is 5.54. The standard InChI is InChI=1S/C17H13N3O2/c18-11-14-3-6-16(7-4-14)21-9-1-2-10-22-17-8-5-15(12-19)20-13-17/h1-8,13H,9-10H2/b2-1+. The number of ether oxygens (including phenoxy) is 2. The number of rotatable bonds is 6. The van der Waals surface area contributed by atoms with E-state index >= 15 is 0 Å². The number of hydrogen-bond acceptors (Lipinski definition) is 5. The van der Waals surface area contributed by atoms with E-state index in [4.69, 9.17) is 20.0 Å². The summed E-state index contributed by atoms with van der Waals surface area (Å²) in [6, 6.07) is 14.2. The smallest absolute Gasteiger partial charge is 0.140 e. The quantitative estimate of drug-likeness (QED) is 0.765. The van der Waals surface area contributed by atoms with Crippen LogP contribution in [-0.2, 0) is 0 Å². The lowest BCUT2D eigenvalue weighted by Gasteiger charge is -2.03. The third-order valence-corrected chi connectivity index (χ3v) is 2.69. The predicted molar refractivity (Wildman–Crippen MR) is 80.2 cm³/mol. The molecule has 0 saturated heterocycles. The number of aromatic nitrogens is 1. The Labute approximate surface area is 128 Å². The molecule has 0 fully saturated rings. The molecule has 0 radical (unpaired) electrons. The van der Waals surface area contributed by atoms with Gasteiger partial charge in [0.25, 0.3) is 0 Å². The molecular formula is C17H13N3O2. The van der Waals surface area contributed by atoms with Crippen LogP contribution in [0.4, 0.5) is 0 Å². The van der Waals surface area contributed by atoms with Crippen LogP contribution in [0, 0.1) is 22.7 Å². The van der Waals surface area contributed by atoms with Gasteiger partial charge in [0.2, 0.25) is 0 Å². The van der Waals surface area contributed by atoms with Crippen LogP contribution in [0.15, 0.2) is 54.7 Å². The highest BCUT2D eigenvalue weighted by Crippen LogP contribution is 2.11. The van der Waals surface area contributed by atoms with E-state index in [1.165, 1.54) is 6.20 Å². The third kappa shape index (κ3) is 4.66. The van der Waals surface area contributed by atoms with Crippen molar-refractivity contribution in [2.75, 3.05) is 13.2 Å². The first-order valence-electron chi connectivity index (χ1n) is 6.59. The Morgan fingerprint density at radius 2 is 1.50 bits per heavy atom. The zero-order valence-corrected chi connectivity index (χ0v) is 11.8. The molecule has 0 aliphatic carbocycles. The first kappa shape index (κ1) is 15.1. The van der Waals surface area contributed by atoms with Crippen LogP contribution in [0.5, 0.6) is 11.5 Å². The van der Waals surface area contributed by atoms with Crippen molar-refractivity contribution in [3.05, 3.63) is 66.0 Å². The minimum atomic E-state index is 0.360. The number of hydrogen-bond donors (Lipinski definition) is 0. The number of nitriles is 2. The molecule has 108 valence electrons. The molecule has 0 N–H and O–H groups in total. The Bertz CT molecular complexity index is 644. The van der Waals surface area contributed by atoms with E-state index in [9.17, 15) is 0 Å². The number of nitrogens with zero attached hydrogens (tertiary/aromatic N) is 3. The van der Waals surface area contributed by atoms with Gasteiger partial charge in [0, 0.05) is 0 Å². The summed E-state index contributed by atoms with van der Waals surface area (Å²) in [5.41, 5.74) is 0.964. The van der Waals surface area contributed by atoms with Crippen molar-refractivity contribution in [3.63, 3.8) is 0 Å². The van der Waals surface area contributed by atoms with E-state index in [0.717, 1.165) is 0 Å². The van der Waals surface area contributed by atoms with Gasteiger partial charge in [-0.15, -0.1) is 0 Å². The fourth-order valence-corrected chi connectivity index (χ4v) is 1.58. The topological polar surface area (TPSA) is 78.9 Å². The maximum atomic E-state index is 8.69. The van der Waals surface area contributed by atoms with E-state index < -0.39 is 0 Å². The molecule has 0 saturated carbocycles. The van der Waals surface area contributed by atoms with E-state index in [-0.39, 0.29) is 0 Å². The summed E-state index contributed by atoms with van der Waals surface area (Å²) in [6.45, 7) is 0.811. The lowest BCUT2D eigenvalue weighted by atomic mass is 10.2. The van der Waals surface area contributed by atoms with Gasteiger partial charge in [0.1, 0.15) is 36.5 Å². The van der Waals surface area contributed by atoms with E-state index in [1.54, 1.807) is 36.4 Å². The Hall–Kier alpha value is -3.31. The lowest BCUT2D eigenvalue weighted by Crippen LogP contribution is -1.97. The molecule has 5 heteroatoms. The average molecular weight is 291 g/mol. The number of benzene rings is 1. The van der Waals surface area contributed by atoms with Crippen molar-refractivity contribution in [1.29, 1.82) is 10.5 Å². The maximum absolute atomic E-state index is 8.69. The minimum Gasteiger partial charge on any atom is -0.490 e. The van der Waals surface area contributed by atoms with Crippen LogP contribution < -0.4 is 9.47 Å². The summed E-state index contributed by atoms with van der Waals surface area (Å²) < 4.78 is 10.9. The number of pyridine rings is 1. The van der Waals surface area contributed by atoms with Crippen molar-refractivity contribution in [1.82, 2.24) is 4.98 Å². The molecule has 0 bridgehead atoms. The molecule has 0 aliphatic heterocycles. The van der Waals surface area contributed by atoms with Crippen LogP contribution in [0.25, 0.3) is 0 Å². The fraction of sp³-hybridized carbons (Fsp3) is 0.118. The van der Waals surface area contributed by atoms with Crippen molar-refractivity contribution in [2.45, 2.75) is 0 Å². The highest BCUT2D eigenvalue weighted by Gasteiger charge is 1.95. The Morgan fingerprint density at radius 3 is 2.05 bits per heavy atom. The van der Waals surface area contributed by atoms with Gasteiger partial charge in [-0.25, -0.2) is 4.98 Å². The molecule has 0 amide bonds. The first-order valence-corrected chi connectivity index (χ1v) is 6.59. The Balaban J connectivity index is 1.69. The molecular weight excluding hydrogens is 278 g/mol.